The summed E-state index contributed by atoms with van der Waals surface area (Å²) in [5.41, 5.74) is 0.137. The van der Waals surface area contributed by atoms with Gasteiger partial charge in [0, 0.05) is 43.1 Å². The highest BCUT2D eigenvalue weighted by atomic mass is 16.5. The van der Waals surface area contributed by atoms with Gasteiger partial charge in [-0.05, 0) is 50.3 Å². The predicted octanol–water partition coefficient (Wildman–Crippen LogP) is 3.45. The Kier molecular flexibility index (Phi) is 12.8. The van der Waals surface area contributed by atoms with E-state index in [1.54, 1.807) is 43.5 Å². The van der Waals surface area contributed by atoms with Crippen molar-refractivity contribution in [2.75, 3.05) is 6.61 Å². The van der Waals surface area contributed by atoms with Crippen molar-refractivity contribution in [1.82, 2.24) is 14.9 Å². The molecule has 1 N–H and O–H groups in total. The number of nitrogens with one attached hydrogen (secondary N) is 1. The van der Waals surface area contributed by atoms with E-state index in [1.165, 1.54) is 23.0 Å². The molecule has 0 unspecified atom stereocenters. The number of rotatable bonds is 16. The fraction of sp³-hybridized carbons (Fsp3) is 0.448. The van der Waals surface area contributed by atoms with E-state index in [4.69, 9.17) is 4.74 Å². The number of carbonyl (C=O) groups excluding carboxylic acids is 4. The van der Waals surface area contributed by atoms with E-state index in [2.05, 4.69) is 24.1 Å². The smallest absolute Gasteiger partial charge is 0.330 e. The van der Waals surface area contributed by atoms with Gasteiger partial charge in [-0.1, -0.05) is 32.4 Å². The van der Waals surface area contributed by atoms with Crippen LogP contribution in [0.2, 0.25) is 0 Å². The van der Waals surface area contributed by atoms with E-state index in [0.29, 0.717) is 24.3 Å². The SMILES string of the molecule is CCOC(=O)/C=C/CC[C@H](NC(=O)c1cccnc1)C(=O)Cc1cccn(CC(=O)CCCC(C)C)c1=O. The molecule has 38 heavy (non-hydrogen) atoms. The molecule has 0 fully saturated rings. The van der Waals surface area contributed by atoms with Crippen molar-refractivity contribution in [2.45, 2.75) is 71.9 Å². The molecular formula is C29H37N3O6. The van der Waals surface area contributed by atoms with Gasteiger partial charge in [0.2, 0.25) is 0 Å². The van der Waals surface area contributed by atoms with Gasteiger partial charge in [-0.25, -0.2) is 4.79 Å². The average molecular weight is 524 g/mol. The number of Topliss-reactive ketones (excluding diaryl/α,β-unsaturated/α-hetero) is 2. The maximum Gasteiger partial charge on any atom is 0.330 e. The number of amides is 1. The second-order valence-corrected chi connectivity index (χ2v) is 9.43. The van der Waals surface area contributed by atoms with Crippen LogP contribution in [-0.2, 0) is 32.1 Å². The van der Waals surface area contributed by atoms with Crippen molar-refractivity contribution in [3.8, 4) is 0 Å². The van der Waals surface area contributed by atoms with Gasteiger partial charge in [-0.15, -0.1) is 0 Å². The van der Waals surface area contributed by atoms with Crippen LogP contribution in [0.1, 0.15) is 68.8 Å². The summed E-state index contributed by atoms with van der Waals surface area (Å²) >= 11 is 0. The van der Waals surface area contributed by atoms with Crippen LogP contribution < -0.4 is 10.9 Å². The van der Waals surface area contributed by atoms with E-state index < -0.39 is 23.5 Å². The fourth-order valence-electron chi connectivity index (χ4n) is 3.82. The first-order valence-corrected chi connectivity index (χ1v) is 13.0. The molecule has 0 saturated heterocycles. The second kappa shape index (κ2) is 16.1. The Bertz CT molecular complexity index is 1170. The average Bonchev–Trinajstić information content (AvgIpc) is 2.88. The zero-order valence-electron chi connectivity index (χ0n) is 22.4. The standard InChI is InChI=1S/C29H37N3O6/c1-4-38-27(35)15-6-5-14-25(31-28(36)23-11-8-16-30-19-23)26(34)18-22-12-9-17-32(29(22)37)20-24(33)13-7-10-21(2)3/h6,8-9,11-12,15-17,19,21,25H,4-5,7,10,13-14,18,20H2,1-3H3,(H,31,36)/b15-6+/t25-/m0/s1. The monoisotopic (exact) mass is 523 g/mol. The van der Waals surface area contributed by atoms with Crippen LogP contribution in [0.4, 0.5) is 0 Å². The number of allylic oxidation sites excluding steroid dienone is 1. The number of carbonyl (C=O) groups is 4. The summed E-state index contributed by atoms with van der Waals surface area (Å²) in [4.78, 5) is 66.8. The normalized spacial score (nSPS) is 11.9. The first kappa shape index (κ1) is 30.3. The van der Waals surface area contributed by atoms with Crippen LogP contribution in [0, 0.1) is 5.92 Å². The third-order valence-corrected chi connectivity index (χ3v) is 5.83. The number of pyridine rings is 2. The van der Waals surface area contributed by atoms with Gasteiger partial charge in [0.25, 0.3) is 11.5 Å². The maximum atomic E-state index is 13.2. The first-order chi connectivity index (χ1) is 18.2. The number of hydrogen-bond acceptors (Lipinski definition) is 7. The number of hydrogen-bond donors (Lipinski definition) is 1. The van der Waals surface area contributed by atoms with Crippen LogP contribution >= 0.6 is 0 Å². The molecule has 9 nitrogen and oxygen atoms in total. The predicted molar refractivity (Wildman–Crippen MR) is 144 cm³/mol. The minimum absolute atomic E-state index is 0.0359. The molecule has 2 aromatic rings. The largest absolute Gasteiger partial charge is 0.463 e. The molecule has 9 heteroatoms. The summed E-state index contributed by atoms with van der Waals surface area (Å²) in [7, 11) is 0. The van der Waals surface area contributed by atoms with Crippen molar-refractivity contribution in [3.05, 3.63) is 76.5 Å². The number of ketones is 2. The minimum atomic E-state index is -0.903. The highest BCUT2D eigenvalue weighted by Gasteiger charge is 2.22. The van der Waals surface area contributed by atoms with E-state index >= 15 is 0 Å². The lowest BCUT2D eigenvalue weighted by Gasteiger charge is -2.17. The number of ether oxygens (including phenoxy) is 1. The summed E-state index contributed by atoms with van der Waals surface area (Å²) in [5, 5.41) is 2.72. The van der Waals surface area contributed by atoms with Crippen LogP contribution in [0.5, 0.6) is 0 Å². The third kappa shape index (κ3) is 10.6. The van der Waals surface area contributed by atoms with Crippen molar-refractivity contribution in [3.63, 3.8) is 0 Å². The van der Waals surface area contributed by atoms with Crippen LogP contribution in [-0.4, -0.2) is 45.6 Å². The molecule has 0 aliphatic carbocycles. The number of esters is 1. The van der Waals surface area contributed by atoms with E-state index in [0.717, 1.165) is 12.8 Å². The molecule has 0 saturated carbocycles. The summed E-state index contributed by atoms with van der Waals surface area (Å²) < 4.78 is 6.18. The van der Waals surface area contributed by atoms with E-state index in [-0.39, 0.29) is 43.1 Å². The molecule has 0 bridgehead atoms. The van der Waals surface area contributed by atoms with Gasteiger partial charge < -0.3 is 14.6 Å². The minimum Gasteiger partial charge on any atom is -0.463 e. The number of aromatic nitrogens is 2. The topological polar surface area (TPSA) is 124 Å². The van der Waals surface area contributed by atoms with E-state index in [9.17, 15) is 24.0 Å². The van der Waals surface area contributed by atoms with Gasteiger partial charge in [0.05, 0.1) is 24.8 Å². The highest BCUT2D eigenvalue weighted by Crippen LogP contribution is 2.09. The zero-order chi connectivity index (χ0) is 27.9. The fourth-order valence-corrected chi connectivity index (χ4v) is 3.82. The molecule has 0 aliphatic heterocycles. The molecule has 2 aromatic heterocycles. The molecule has 0 aliphatic rings. The number of nitrogens with zero attached hydrogens (tertiary/aromatic N) is 2. The molecule has 2 heterocycles. The van der Waals surface area contributed by atoms with Crippen molar-refractivity contribution >= 4 is 23.4 Å². The quantitative estimate of drug-likeness (QED) is 0.264. The Balaban J connectivity index is 2.12. The molecular weight excluding hydrogens is 486 g/mol. The lowest BCUT2D eigenvalue weighted by molar-refractivity contribution is -0.137. The Labute approximate surface area is 223 Å². The molecule has 0 radical (unpaired) electrons. The van der Waals surface area contributed by atoms with Gasteiger partial charge in [-0.3, -0.25) is 24.2 Å². The lowest BCUT2D eigenvalue weighted by Crippen LogP contribution is -2.42. The van der Waals surface area contributed by atoms with Crippen molar-refractivity contribution < 1.29 is 23.9 Å². The maximum absolute atomic E-state index is 13.2. The van der Waals surface area contributed by atoms with Gasteiger partial charge in [0.15, 0.2) is 11.6 Å². The summed E-state index contributed by atoms with van der Waals surface area (Å²) in [5.74, 6) is -0.843. The summed E-state index contributed by atoms with van der Waals surface area (Å²) in [6.45, 7) is 6.11. The summed E-state index contributed by atoms with van der Waals surface area (Å²) in [6.07, 6.45) is 9.78. The molecule has 0 spiro atoms. The summed E-state index contributed by atoms with van der Waals surface area (Å²) in [6, 6.07) is 5.49. The third-order valence-electron chi connectivity index (χ3n) is 5.83. The van der Waals surface area contributed by atoms with Gasteiger partial charge in [-0.2, -0.15) is 0 Å². The van der Waals surface area contributed by atoms with Crippen molar-refractivity contribution in [1.29, 1.82) is 0 Å². The zero-order valence-corrected chi connectivity index (χ0v) is 22.4. The lowest BCUT2D eigenvalue weighted by atomic mass is 10.00. The molecule has 1 atom stereocenters. The Hall–Kier alpha value is -3.88. The van der Waals surface area contributed by atoms with E-state index in [1.807, 2.05) is 0 Å². The van der Waals surface area contributed by atoms with Crippen LogP contribution in [0.25, 0.3) is 0 Å². The molecule has 2 rings (SSSR count). The van der Waals surface area contributed by atoms with Crippen LogP contribution in [0.3, 0.4) is 0 Å². The van der Waals surface area contributed by atoms with Gasteiger partial charge in [0.1, 0.15) is 0 Å². The second-order valence-electron chi connectivity index (χ2n) is 9.43. The van der Waals surface area contributed by atoms with Crippen molar-refractivity contribution in [2.24, 2.45) is 5.92 Å². The molecule has 204 valence electrons. The van der Waals surface area contributed by atoms with Crippen LogP contribution in [0.15, 0.2) is 59.8 Å². The molecule has 1 amide bonds. The Morgan fingerprint density at radius 3 is 2.61 bits per heavy atom. The first-order valence-electron chi connectivity index (χ1n) is 13.0. The Morgan fingerprint density at radius 2 is 1.92 bits per heavy atom. The molecule has 0 aromatic carbocycles. The van der Waals surface area contributed by atoms with Gasteiger partial charge >= 0.3 is 5.97 Å². The highest BCUT2D eigenvalue weighted by molar-refractivity contribution is 5.98. The Morgan fingerprint density at radius 1 is 1.13 bits per heavy atom.